The molecule has 8 heteroatoms. The first kappa shape index (κ1) is 23.3. The molecule has 29 heavy (non-hydrogen) atoms. The van der Waals surface area contributed by atoms with Gasteiger partial charge in [0.05, 0.1) is 20.1 Å². The first-order chi connectivity index (χ1) is 13.4. The number of carbonyl (C=O) groups excluding carboxylic acids is 2. The van der Waals surface area contributed by atoms with Gasteiger partial charge in [-0.15, -0.1) is 12.4 Å². The first-order valence-corrected chi connectivity index (χ1v) is 9.95. The third-order valence-electron chi connectivity index (χ3n) is 6.03. The molecule has 7 nitrogen and oxygen atoms in total. The van der Waals surface area contributed by atoms with E-state index in [4.69, 9.17) is 15.2 Å². The van der Waals surface area contributed by atoms with Gasteiger partial charge in [-0.3, -0.25) is 9.59 Å². The Labute approximate surface area is 178 Å². The maximum absolute atomic E-state index is 13.0. The Kier molecular flexibility index (Phi) is 7.77. The van der Waals surface area contributed by atoms with E-state index in [9.17, 15) is 9.59 Å². The summed E-state index contributed by atoms with van der Waals surface area (Å²) in [5.74, 6) is 1.10. The van der Waals surface area contributed by atoms with Crippen LogP contribution in [0.3, 0.4) is 0 Å². The summed E-state index contributed by atoms with van der Waals surface area (Å²) in [4.78, 5) is 29.6. The van der Waals surface area contributed by atoms with Crippen molar-refractivity contribution in [1.29, 1.82) is 0 Å². The van der Waals surface area contributed by atoms with Gasteiger partial charge >= 0.3 is 0 Å². The highest BCUT2D eigenvalue weighted by molar-refractivity contribution is 5.95. The molecule has 2 fully saturated rings. The summed E-state index contributed by atoms with van der Waals surface area (Å²) in [5.41, 5.74) is 6.49. The molecule has 1 aliphatic carbocycles. The van der Waals surface area contributed by atoms with Crippen LogP contribution in [0.2, 0.25) is 0 Å². The second kappa shape index (κ2) is 9.67. The van der Waals surface area contributed by atoms with Crippen LogP contribution in [-0.4, -0.2) is 67.6 Å². The van der Waals surface area contributed by atoms with Gasteiger partial charge in [-0.05, 0) is 31.9 Å². The smallest absolute Gasteiger partial charge is 0.254 e. The van der Waals surface area contributed by atoms with E-state index in [0.717, 1.165) is 25.7 Å². The quantitative estimate of drug-likeness (QED) is 0.800. The summed E-state index contributed by atoms with van der Waals surface area (Å²) in [6.07, 6.45) is 3.89. The number of hydrogen-bond donors (Lipinski definition) is 1. The summed E-state index contributed by atoms with van der Waals surface area (Å²) in [6, 6.07) is 5.16. The third-order valence-corrected chi connectivity index (χ3v) is 6.03. The molecular weight excluding hydrogens is 394 g/mol. The van der Waals surface area contributed by atoms with E-state index in [1.807, 2.05) is 11.8 Å². The van der Waals surface area contributed by atoms with E-state index in [2.05, 4.69) is 0 Å². The van der Waals surface area contributed by atoms with Gasteiger partial charge in [-0.2, -0.15) is 0 Å². The first-order valence-electron chi connectivity index (χ1n) is 9.95. The van der Waals surface area contributed by atoms with Crippen molar-refractivity contribution < 1.29 is 19.1 Å². The third kappa shape index (κ3) is 5.14. The number of methoxy groups -OCH3 is 2. The van der Waals surface area contributed by atoms with E-state index in [-0.39, 0.29) is 30.1 Å². The lowest BCUT2D eigenvalue weighted by Crippen LogP contribution is -2.57. The molecule has 2 atom stereocenters. The van der Waals surface area contributed by atoms with E-state index in [1.165, 1.54) is 0 Å². The number of halogens is 1. The molecule has 1 aromatic rings. The molecule has 2 amide bonds. The SMILES string of the molecule is COc1cc(OC)cc(C(=O)N2CCN(C(=O)C3CCCCC3(C)N)CC2)c1.Cl. The number of ether oxygens (including phenoxy) is 2. The molecule has 1 saturated carbocycles. The Morgan fingerprint density at radius 3 is 2.07 bits per heavy atom. The lowest BCUT2D eigenvalue weighted by atomic mass is 9.74. The van der Waals surface area contributed by atoms with E-state index in [0.29, 0.717) is 43.2 Å². The van der Waals surface area contributed by atoms with Gasteiger partial charge in [0.2, 0.25) is 5.91 Å². The molecular formula is C21H32ClN3O4. The van der Waals surface area contributed by atoms with Gasteiger partial charge in [0.15, 0.2) is 0 Å². The fourth-order valence-corrected chi connectivity index (χ4v) is 4.23. The van der Waals surface area contributed by atoms with Crippen LogP contribution in [0, 0.1) is 5.92 Å². The number of amides is 2. The summed E-state index contributed by atoms with van der Waals surface area (Å²) in [5, 5.41) is 0. The van der Waals surface area contributed by atoms with Crippen LogP contribution in [0.5, 0.6) is 11.5 Å². The lowest BCUT2D eigenvalue weighted by molar-refractivity contribution is -0.140. The number of benzene rings is 1. The van der Waals surface area contributed by atoms with Crippen LogP contribution < -0.4 is 15.2 Å². The Morgan fingerprint density at radius 2 is 1.55 bits per heavy atom. The zero-order valence-corrected chi connectivity index (χ0v) is 18.3. The maximum Gasteiger partial charge on any atom is 0.254 e. The number of hydrogen-bond acceptors (Lipinski definition) is 5. The van der Waals surface area contributed by atoms with Crippen molar-refractivity contribution in [2.45, 2.75) is 38.1 Å². The molecule has 2 unspecified atom stereocenters. The Bertz CT molecular complexity index is 710. The molecule has 1 saturated heterocycles. The molecule has 0 spiro atoms. The molecule has 2 aliphatic rings. The number of nitrogens with two attached hydrogens (primary N) is 1. The topological polar surface area (TPSA) is 85.1 Å². The van der Waals surface area contributed by atoms with Crippen LogP contribution >= 0.6 is 12.4 Å². The standard InChI is InChI=1S/C21H31N3O4.ClH/c1-21(22)7-5-4-6-18(21)20(26)24-10-8-23(9-11-24)19(25)15-12-16(27-2)14-17(13-15)28-3;/h12-14,18H,4-11,22H2,1-3H3;1H. The van der Waals surface area contributed by atoms with Crippen LogP contribution in [0.4, 0.5) is 0 Å². The molecule has 1 heterocycles. The van der Waals surface area contributed by atoms with Crippen LogP contribution in [0.15, 0.2) is 18.2 Å². The van der Waals surface area contributed by atoms with Crippen molar-refractivity contribution in [3.63, 3.8) is 0 Å². The van der Waals surface area contributed by atoms with E-state index >= 15 is 0 Å². The van der Waals surface area contributed by atoms with E-state index in [1.54, 1.807) is 37.3 Å². The molecule has 1 aliphatic heterocycles. The van der Waals surface area contributed by atoms with Crippen LogP contribution in [-0.2, 0) is 4.79 Å². The minimum absolute atomic E-state index is 0. The molecule has 2 N–H and O–H groups in total. The molecule has 3 rings (SSSR count). The van der Waals surface area contributed by atoms with Gasteiger partial charge in [0.1, 0.15) is 11.5 Å². The van der Waals surface area contributed by atoms with Crippen molar-refractivity contribution in [3.05, 3.63) is 23.8 Å². The van der Waals surface area contributed by atoms with Crippen molar-refractivity contribution in [3.8, 4) is 11.5 Å². The number of nitrogens with zero attached hydrogens (tertiary/aromatic N) is 2. The summed E-state index contributed by atoms with van der Waals surface area (Å²) in [6.45, 7) is 4.09. The second-order valence-electron chi connectivity index (χ2n) is 8.02. The number of rotatable bonds is 4. The number of piperazine rings is 1. The van der Waals surface area contributed by atoms with Gasteiger partial charge < -0.3 is 25.0 Å². The minimum Gasteiger partial charge on any atom is -0.497 e. The highest BCUT2D eigenvalue weighted by Crippen LogP contribution is 2.33. The summed E-state index contributed by atoms with van der Waals surface area (Å²) >= 11 is 0. The van der Waals surface area contributed by atoms with Crippen molar-refractivity contribution in [1.82, 2.24) is 9.80 Å². The van der Waals surface area contributed by atoms with Crippen LogP contribution in [0.25, 0.3) is 0 Å². The van der Waals surface area contributed by atoms with Crippen molar-refractivity contribution >= 4 is 24.2 Å². The monoisotopic (exact) mass is 425 g/mol. The predicted molar refractivity (Wildman–Crippen MR) is 114 cm³/mol. The lowest BCUT2D eigenvalue weighted by Gasteiger charge is -2.42. The summed E-state index contributed by atoms with van der Waals surface area (Å²) in [7, 11) is 3.12. The second-order valence-corrected chi connectivity index (χ2v) is 8.02. The zero-order valence-electron chi connectivity index (χ0n) is 17.5. The molecule has 0 aromatic heterocycles. The van der Waals surface area contributed by atoms with Gasteiger partial charge in [-0.25, -0.2) is 0 Å². The van der Waals surface area contributed by atoms with Gasteiger partial charge in [-0.1, -0.05) is 12.8 Å². The normalized spacial score (nSPS) is 24.5. The zero-order chi connectivity index (χ0) is 20.3. The Balaban J connectivity index is 0.00000300. The average molecular weight is 426 g/mol. The largest absolute Gasteiger partial charge is 0.497 e. The van der Waals surface area contributed by atoms with Crippen LogP contribution in [0.1, 0.15) is 43.0 Å². The Morgan fingerprint density at radius 1 is 1.00 bits per heavy atom. The Hall–Kier alpha value is -1.99. The number of carbonyl (C=O) groups is 2. The fourth-order valence-electron chi connectivity index (χ4n) is 4.23. The summed E-state index contributed by atoms with van der Waals surface area (Å²) < 4.78 is 10.5. The fraction of sp³-hybridized carbons (Fsp3) is 0.619. The predicted octanol–water partition coefficient (Wildman–Crippen LogP) is 2.32. The minimum atomic E-state index is -0.431. The highest BCUT2D eigenvalue weighted by atomic mass is 35.5. The van der Waals surface area contributed by atoms with Crippen molar-refractivity contribution in [2.24, 2.45) is 11.7 Å². The molecule has 0 radical (unpaired) electrons. The van der Waals surface area contributed by atoms with Crippen molar-refractivity contribution in [2.75, 3.05) is 40.4 Å². The maximum atomic E-state index is 13.0. The molecule has 162 valence electrons. The average Bonchev–Trinajstić information content (AvgIpc) is 2.72. The van der Waals surface area contributed by atoms with Gasteiger partial charge in [0, 0.05) is 43.3 Å². The van der Waals surface area contributed by atoms with Gasteiger partial charge in [0.25, 0.3) is 5.91 Å². The molecule has 0 bridgehead atoms. The highest BCUT2D eigenvalue weighted by Gasteiger charge is 2.40. The molecule has 1 aromatic carbocycles. The van der Waals surface area contributed by atoms with E-state index < -0.39 is 5.54 Å².